The summed E-state index contributed by atoms with van der Waals surface area (Å²) in [6.07, 6.45) is 8.75. The van der Waals surface area contributed by atoms with Crippen molar-refractivity contribution in [2.24, 2.45) is 0 Å². The number of hydrogen-bond acceptors (Lipinski definition) is 3. The standard InChI is InChI=1S/C23H17N3O3/c1-3-12-25-14-16(18-6-4-5-7-20(18)25)13-19-21(27)24-23(29)26(22(19)28)17-10-8-15(2)9-11-17/h1,4-11,13-14H,12H2,2H3,(H,24,27,29). The van der Waals surface area contributed by atoms with Gasteiger partial charge in [-0.2, -0.15) is 0 Å². The van der Waals surface area contributed by atoms with Crippen LogP contribution in [-0.4, -0.2) is 22.4 Å². The normalized spacial score (nSPS) is 15.7. The van der Waals surface area contributed by atoms with Crippen LogP contribution in [0.15, 0.2) is 60.3 Å². The Balaban J connectivity index is 1.81. The van der Waals surface area contributed by atoms with Crippen LogP contribution in [-0.2, 0) is 16.1 Å². The maximum absolute atomic E-state index is 13.0. The smallest absolute Gasteiger partial charge is 0.335 e. The highest BCUT2D eigenvalue weighted by Gasteiger charge is 2.36. The lowest BCUT2D eigenvalue weighted by Crippen LogP contribution is -2.54. The molecule has 1 N–H and O–H groups in total. The highest BCUT2D eigenvalue weighted by atomic mass is 16.2. The van der Waals surface area contributed by atoms with E-state index in [0.717, 1.165) is 21.4 Å². The number of fused-ring (bicyclic) bond motifs is 1. The summed E-state index contributed by atoms with van der Waals surface area (Å²) in [4.78, 5) is 38.8. The Kier molecular flexibility index (Phi) is 4.49. The van der Waals surface area contributed by atoms with Gasteiger partial charge in [0.1, 0.15) is 5.57 Å². The first-order valence-corrected chi connectivity index (χ1v) is 8.99. The molecule has 0 aliphatic carbocycles. The summed E-state index contributed by atoms with van der Waals surface area (Å²) in [6, 6.07) is 13.7. The molecule has 29 heavy (non-hydrogen) atoms. The third-order valence-corrected chi connectivity index (χ3v) is 4.77. The number of urea groups is 1. The number of imide groups is 2. The lowest BCUT2D eigenvalue weighted by Gasteiger charge is -2.26. The number of nitrogens with zero attached hydrogens (tertiary/aromatic N) is 2. The molecule has 6 heteroatoms. The summed E-state index contributed by atoms with van der Waals surface area (Å²) >= 11 is 0. The average Bonchev–Trinajstić information content (AvgIpc) is 3.04. The second kappa shape index (κ2) is 7.13. The molecule has 142 valence electrons. The topological polar surface area (TPSA) is 71.4 Å². The zero-order valence-corrected chi connectivity index (χ0v) is 15.7. The van der Waals surface area contributed by atoms with Crippen LogP contribution in [0.5, 0.6) is 0 Å². The molecule has 2 aromatic carbocycles. The maximum atomic E-state index is 13.0. The average molecular weight is 383 g/mol. The molecule has 1 aromatic heterocycles. The summed E-state index contributed by atoms with van der Waals surface area (Å²) < 4.78 is 1.87. The van der Waals surface area contributed by atoms with Gasteiger partial charge in [0.2, 0.25) is 0 Å². The molecule has 1 saturated heterocycles. The number of benzene rings is 2. The van der Waals surface area contributed by atoms with Crippen molar-refractivity contribution in [1.29, 1.82) is 0 Å². The fourth-order valence-electron chi connectivity index (χ4n) is 3.36. The van der Waals surface area contributed by atoms with Crippen LogP contribution in [0.2, 0.25) is 0 Å². The van der Waals surface area contributed by atoms with Gasteiger partial charge in [-0.25, -0.2) is 9.69 Å². The number of amides is 4. The van der Waals surface area contributed by atoms with Crippen LogP contribution in [0.4, 0.5) is 10.5 Å². The first-order chi connectivity index (χ1) is 14.0. The molecule has 1 aliphatic heterocycles. The quantitative estimate of drug-likeness (QED) is 0.429. The van der Waals surface area contributed by atoms with Gasteiger partial charge in [0, 0.05) is 22.7 Å². The highest BCUT2D eigenvalue weighted by molar-refractivity contribution is 6.39. The van der Waals surface area contributed by atoms with E-state index < -0.39 is 17.8 Å². The minimum atomic E-state index is -0.768. The lowest BCUT2D eigenvalue weighted by atomic mass is 10.1. The number of anilines is 1. The van der Waals surface area contributed by atoms with Crippen molar-refractivity contribution in [3.8, 4) is 12.3 Å². The molecule has 3 aromatic rings. The number of carbonyl (C=O) groups excluding carboxylic acids is 3. The van der Waals surface area contributed by atoms with Crippen molar-refractivity contribution >= 4 is 40.5 Å². The Hall–Kier alpha value is -4.11. The van der Waals surface area contributed by atoms with Crippen LogP contribution in [0.25, 0.3) is 17.0 Å². The number of nitrogens with one attached hydrogen (secondary N) is 1. The minimum absolute atomic E-state index is 0.117. The summed E-state index contributed by atoms with van der Waals surface area (Å²) in [5.74, 6) is 1.20. The van der Waals surface area contributed by atoms with Gasteiger partial charge < -0.3 is 4.57 Å². The maximum Gasteiger partial charge on any atom is 0.335 e. The molecule has 0 radical (unpaired) electrons. The molecule has 0 atom stereocenters. The van der Waals surface area contributed by atoms with E-state index in [0.29, 0.717) is 17.8 Å². The van der Waals surface area contributed by atoms with Gasteiger partial charge in [0.25, 0.3) is 11.8 Å². The zero-order chi connectivity index (χ0) is 20.5. The van der Waals surface area contributed by atoms with Crippen molar-refractivity contribution < 1.29 is 14.4 Å². The fourth-order valence-corrected chi connectivity index (χ4v) is 3.36. The van der Waals surface area contributed by atoms with Gasteiger partial charge in [0.15, 0.2) is 0 Å². The molecule has 1 fully saturated rings. The summed E-state index contributed by atoms with van der Waals surface area (Å²) in [6.45, 7) is 2.26. The molecule has 1 aliphatic rings. The van der Waals surface area contributed by atoms with Crippen LogP contribution in [0, 0.1) is 19.3 Å². The SMILES string of the molecule is C#CCn1cc(C=C2C(=O)NC(=O)N(c3ccc(C)cc3)C2=O)c2ccccc21. The summed E-state index contributed by atoms with van der Waals surface area (Å²) in [5, 5.41) is 3.10. The number of aromatic nitrogens is 1. The van der Waals surface area contributed by atoms with E-state index in [4.69, 9.17) is 6.42 Å². The molecular formula is C23H17N3O3. The van der Waals surface area contributed by atoms with E-state index in [1.54, 1.807) is 30.5 Å². The Labute approximate surface area is 167 Å². The third kappa shape index (κ3) is 3.19. The first-order valence-electron chi connectivity index (χ1n) is 8.99. The van der Waals surface area contributed by atoms with E-state index in [1.165, 1.54) is 6.08 Å². The summed E-state index contributed by atoms with van der Waals surface area (Å²) in [7, 11) is 0. The van der Waals surface area contributed by atoms with Gasteiger partial charge in [-0.05, 0) is 31.2 Å². The van der Waals surface area contributed by atoms with Gasteiger partial charge in [-0.15, -0.1) is 6.42 Å². The predicted molar refractivity (Wildman–Crippen MR) is 111 cm³/mol. The number of para-hydroxylation sites is 1. The van der Waals surface area contributed by atoms with Crippen molar-refractivity contribution in [2.75, 3.05) is 4.90 Å². The number of carbonyl (C=O) groups is 3. The van der Waals surface area contributed by atoms with E-state index >= 15 is 0 Å². The molecule has 0 spiro atoms. The van der Waals surface area contributed by atoms with Gasteiger partial charge >= 0.3 is 6.03 Å². The third-order valence-electron chi connectivity index (χ3n) is 4.77. The zero-order valence-electron chi connectivity index (χ0n) is 15.7. The number of barbiturate groups is 1. The largest absolute Gasteiger partial charge is 0.335 e. The van der Waals surface area contributed by atoms with Crippen molar-refractivity contribution in [1.82, 2.24) is 9.88 Å². The first kappa shape index (κ1) is 18.3. The van der Waals surface area contributed by atoms with Crippen LogP contribution >= 0.6 is 0 Å². The predicted octanol–water partition coefficient (Wildman–Crippen LogP) is 3.25. The molecule has 2 heterocycles. The molecule has 0 unspecified atom stereocenters. The highest BCUT2D eigenvalue weighted by Crippen LogP contribution is 2.26. The van der Waals surface area contributed by atoms with Crippen molar-refractivity contribution in [3.05, 3.63) is 71.4 Å². The van der Waals surface area contributed by atoms with E-state index in [9.17, 15) is 14.4 Å². The summed E-state index contributed by atoms with van der Waals surface area (Å²) in [5.41, 5.74) is 2.84. The van der Waals surface area contributed by atoms with E-state index in [1.807, 2.05) is 35.8 Å². The van der Waals surface area contributed by atoms with Gasteiger partial charge in [-0.1, -0.05) is 41.8 Å². The second-order valence-electron chi connectivity index (χ2n) is 6.73. The minimum Gasteiger partial charge on any atom is -0.335 e. The number of rotatable bonds is 3. The number of aryl methyl sites for hydroxylation is 1. The molecular weight excluding hydrogens is 366 g/mol. The Bertz CT molecular complexity index is 1230. The van der Waals surface area contributed by atoms with E-state index in [2.05, 4.69) is 11.2 Å². The Morgan fingerprint density at radius 2 is 1.79 bits per heavy atom. The lowest BCUT2D eigenvalue weighted by molar-refractivity contribution is -0.122. The van der Waals surface area contributed by atoms with Gasteiger partial charge in [0.05, 0.1) is 12.2 Å². The van der Waals surface area contributed by atoms with Crippen molar-refractivity contribution in [3.63, 3.8) is 0 Å². The second-order valence-corrected chi connectivity index (χ2v) is 6.73. The molecule has 6 nitrogen and oxygen atoms in total. The molecule has 4 amide bonds. The van der Waals surface area contributed by atoms with Crippen LogP contribution in [0.1, 0.15) is 11.1 Å². The van der Waals surface area contributed by atoms with E-state index in [-0.39, 0.29) is 5.57 Å². The molecule has 4 rings (SSSR count). The molecule has 0 saturated carbocycles. The van der Waals surface area contributed by atoms with Crippen molar-refractivity contribution in [2.45, 2.75) is 13.5 Å². The van der Waals surface area contributed by atoms with Gasteiger partial charge in [-0.3, -0.25) is 14.9 Å². The van der Waals surface area contributed by atoms with Crippen LogP contribution < -0.4 is 10.2 Å². The monoisotopic (exact) mass is 383 g/mol. The number of hydrogen-bond donors (Lipinski definition) is 1. The van der Waals surface area contributed by atoms with Crippen LogP contribution in [0.3, 0.4) is 0 Å². The Morgan fingerprint density at radius 1 is 1.07 bits per heavy atom. The Morgan fingerprint density at radius 3 is 2.52 bits per heavy atom. The molecule has 0 bridgehead atoms. The fraction of sp³-hybridized carbons (Fsp3) is 0.0870. The number of terminal acetylenes is 1.